The summed E-state index contributed by atoms with van der Waals surface area (Å²) in [5, 5.41) is 3.00. The van der Waals surface area contributed by atoms with Crippen LogP contribution in [-0.2, 0) is 11.3 Å². The molecule has 1 aliphatic carbocycles. The van der Waals surface area contributed by atoms with E-state index in [1.165, 1.54) is 12.8 Å². The second-order valence-corrected chi connectivity index (χ2v) is 4.21. The Hall–Kier alpha value is -1.36. The molecule has 1 saturated carbocycles. The first kappa shape index (κ1) is 12.1. The van der Waals surface area contributed by atoms with E-state index in [4.69, 9.17) is 9.47 Å². The van der Waals surface area contributed by atoms with Crippen molar-refractivity contribution in [2.75, 3.05) is 19.5 Å². The largest absolute Gasteiger partial charge is 0.474 e. The van der Waals surface area contributed by atoms with E-state index in [0.717, 1.165) is 18.7 Å². The van der Waals surface area contributed by atoms with Crippen LogP contribution in [0.2, 0.25) is 0 Å². The third kappa shape index (κ3) is 3.30. The van der Waals surface area contributed by atoms with Gasteiger partial charge < -0.3 is 14.8 Å². The lowest BCUT2D eigenvalue weighted by Crippen LogP contribution is -2.13. The molecule has 17 heavy (non-hydrogen) atoms. The van der Waals surface area contributed by atoms with Crippen LogP contribution in [0.3, 0.4) is 0 Å². The Kier molecular flexibility index (Phi) is 4.14. The highest BCUT2D eigenvalue weighted by Gasteiger charge is 2.17. The number of aromatic nitrogens is 2. The molecule has 0 amide bonds. The molecule has 0 radical (unpaired) electrons. The highest BCUT2D eigenvalue weighted by molar-refractivity contribution is 5.37. The van der Waals surface area contributed by atoms with Crippen LogP contribution in [0.15, 0.2) is 6.07 Å². The minimum Gasteiger partial charge on any atom is -0.474 e. The van der Waals surface area contributed by atoms with E-state index in [1.54, 1.807) is 7.11 Å². The first-order chi connectivity index (χ1) is 8.31. The second kappa shape index (κ2) is 5.82. The number of nitrogens with one attached hydrogen (secondary N) is 1. The topological polar surface area (TPSA) is 56.3 Å². The number of rotatable bonds is 5. The minimum absolute atomic E-state index is 0.310. The van der Waals surface area contributed by atoms with Gasteiger partial charge in [-0.1, -0.05) is 0 Å². The van der Waals surface area contributed by atoms with Crippen molar-refractivity contribution in [1.82, 2.24) is 9.97 Å². The van der Waals surface area contributed by atoms with Crippen molar-refractivity contribution in [3.8, 4) is 5.88 Å². The van der Waals surface area contributed by atoms with Gasteiger partial charge in [-0.15, -0.1) is 0 Å². The molecule has 5 heteroatoms. The first-order valence-electron chi connectivity index (χ1n) is 6.03. The molecule has 94 valence electrons. The van der Waals surface area contributed by atoms with E-state index in [1.807, 2.05) is 13.1 Å². The molecule has 0 saturated heterocycles. The normalized spacial score (nSPS) is 16.1. The zero-order valence-corrected chi connectivity index (χ0v) is 10.4. The Morgan fingerprint density at radius 3 is 2.76 bits per heavy atom. The van der Waals surface area contributed by atoms with Crippen molar-refractivity contribution in [3.63, 3.8) is 0 Å². The van der Waals surface area contributed by atoms with Crippen molar-refractivity contribution in [3.05, 3.63) is 11.9 Å². The second-order valence-electron chi connectivity index (χ2n) is 4.21. The number of methoxy groups -OCH3 is 1. The summed E-state index contributed by atoms with van der Waals surface area (Å²) in [6.45, 7) is 0.399. The van der Waals surface area contributed by atoms with Gasteiger partial charge in [-0.25, -0.2) is 4.98 Å². The summed E-state index contributed by atoms with van der Waals surface area (Å²) in [6.07, 6.45) is 5.06. The van der Waals surface area contributed by atoms with E-state index < -0.39 is 0 Å². The molecule has 1 N–H and O–H groups in total. The summed E-state index contributed by atoms with van der Waals surface area (Å²) < 4.78 is 10.9. The van der Waals surface area contributed by atoms with Crippen molar-refractivity contribution in [2.45, 2.75) is 38.4 Å². The van der Waals surface area contributed by atoms with Crippen molar-refractivity contribution < 1.29 is 9.47 Å². The summed E-state index contributed by atoms with van der Waals surface area (Å²) in [5.41, 5.74) is 0. The number of nitrogens with zero attached hydrogens (tertiary/aromatic N) is 2. The van der Waals surface area contributed by atoms with Gasteiger partial charge >= 0.3 is 0 Å². The Balaban J connectivity index is 2.10. The fourth-order valence-corrected chi connectivity index (χ4v) is 2.03. The molecule has 5 nitrogen and oxygen atoms in total. The maximum absolute atomic E-state index is 5.86. The van der Waals surface area contributed by atoms with E-state index in [0.29, 0.717) is 24.4 Å². The highest BCUT2D eigenvalue weighted by Crippen LogP contribution is 2.24. The summed E-state index contributed by atoms with van der Waals surface area (Å²) in [7, 11) is 3.46. The molecule has 0 atom stereocenters. The number of hydrogen-bond donors (Lipinski definition) is 1. The monoisotopic (exact) mass is 237 g/mol. The molecule has 1 aliphatic rings. The smallest absolute Gasteiger partial charge is 0.219 e. The van der Waals surface area contributed by atoms with Gasteiger partial charge in [-0.2, -0.15) is 4.98 Å². The quantitative estimate of drug-likeness (QED) is 0.848. The number of ether oxygens (including phenoxy) is 2. The molecular formula is C12H19N3O2. The Bertz CT molecular complexity index is 365. The van der Waals surface area contributed by atoms with E-state index in [-0.39, 0.29) is 0 Å². The van der Waals surface area contributed by atoms with Gasteiger partial charge in [0, 0.05) is 20.2 Å². The summed E-state index contributed by atoms with van der Waals surface area (Å²) in [6, 6.07) is 1.83. The average molecular weight is 237 g/mol. The van der Waals surface area contributed by atoms with Crippen LogP contribution in [0.5, 0.6) is 5.88 Å². The van der Waals surface area contributed by atoms with E-state index >= 15 is 0 Å². The summed E-state index contributed by atoms with van der Waals surface area (Å²) in [4.78, 5) is 8.63. The highest BCUT2D eigenvalue weighted by atomic mass is 16.5. The van der Waals surface area contributed by atoms with Crippen LogP contribution in [-0.4, -0.2) is 30.2 Å². The Morgan fingerprint density at radius 2 is 2.12 bits per heavy atom. The SMILES string of the molecule is CNc1cc(OC2CCCC2)nc(COC)n1. The van der Waals surface area contributed by atoms with Gasteiger partial charge in [-0.05, 0) is 25.7 Å². The summed E-state index contributed by atoms with van der Waals surface area (Å²) in [5.74, 6) is 2.05. The molecule has 0 aliphatic heterocycles. The van der Waals surface area contributed by atoms with Crippen LogP contribution in [0, 0.1) is 0 Å². The molecule has 0 aromatic carbocycles. The summed E-state index contributed by atoms with van der Waals surface area (Å²) >= 11 is 0. The molecular weight excluding hydrogens is 218 g/mol. The maximum Gasteiger partial charge on any atom is 0.219 e. The third-order valence-electron chi connectivity index (χ3n) is 2.87. The molecule has 1 aromatic heterocycles. The lowest BCUT2D eigenvalue weighted by atomic mass is 10.3. The number of anilines is 1. The zero-order chi connectivity index (χ0) is 12.1. The standard InChI is InChI=1S/C12H19N3O2/c1-13-10-7-12(15-11(14-10)8-16-2)17-9-5-3-4-6-9/h7,9H,3-6,8H2,1-2H3,(H,13,14,15). The van der Waals surface area contributed by atoms with Crippen molar-refractivity contribution in [2.24, 2.45) is 0 Å². The van der Waals surface area contributed by atoms with Gasteiger partial charge in [-0.3, -0.25) is 0 Å². The molecule has 0 unspecified atom stereocenters. The Labute approximate surface area is 102 Å². The van der Waals surface area contributed by atoms with Gasteiger partial charge in [0.2, 0.25) is 5.88 Å². The van der Waals surface area contributed by atoms with Crippen molar-refractivity contribution in [1.29, 1.82) is 0 Å². The molecule has 1 fully saturated rings. The van der Waals surface area contributed by atoms with Gasteiger partial charge in [0.1, 0.15) is 18.5 Å². The van der Waals surface area contributed by atoms with Crippen LogP contribution < -0.4 is 10.1 Å². The molecule has 1 heterocycles. The molecule has 0 spiro atoms. The minimum atomic E-state index is 0.310. The van der Waals surface area contributed by atoms with E-state index in [9.17, 15) is 0 Å². The third-order valence-corrected chi connectivity index (χ3v) is 2.87. The maximum atomic E-state index is 5.86. The number of hydrogen-bond acceptors (Lipinski definition) is 5. The van der Waals surface area contributed by atoms with Crippen molar-refractivity contribution >= 4 is 5.82 Å². The van der Waals surface area contributed by atoms with Gasteiger partial charge in [0.15, 0.2) is 5.82 Å². The average Bonchev–Trinajstić information content (AvgIpc) is 2.82. The fourth-order valence-electron chi connectivity index (χ4n) is 2.03. The van der Waals surface area contributed by atoms with Gasteiger partial charge in [0.25, 0.3) is 0 Å². The lowest BCUT2D eigenvalue weighted by molar-refractivity contribution is 0.171. The lowest BCUT2D eigenvalue weighted by Gasteiger charge is -2.13. The predicted molar refractivity (Wildman–Crippen MR) is 65.2 cm³/mol. The van der Waals surface area contributed by atoms with Gasteiger partial charge in [0.05, 0.1) is 0 Å². The molecule has 0 bridgehead atoms. The predicted octanol–water partition coefficient (Wildman–Crippen LogP) is 1.99. The fraction of sp³-hybridized carbons (Fsp3) is 0.667. The first-order valence-corrected chi connectivity index (χ1v) is 6.03. The Morgan fingerprint density at radius 1 is 1.35 bits per heavy atom. The zero-order valence-electron chi connectivity index (χ0n) is 10.4. The van der Waals surface area contributed by atoms with Crippen LogP contribution in [0.25, 0.3) is 0 Å². The van der Waals surface area contributed by atoms with Crippen LogP contribution in [0.4, 0.5) is 5.82 Å². The molecule has 2 rings (SSSR count). The van der Waals surface area contributed by atoms with E-state index in [2.05, 4.69) is 15.3 Å². The van der Waals surface area contributed by atoms with Crippen LogP contribution in [0.1, 0.15) is 31.5 Å². The van der Waals surface area contributed by atoms with Crippen LogP contribution >= 0.6 is 0 Å². The molecule has 1 aromatic rings.